The van der Waals surface area contributed by atoms with Gasteiger partial charge in [-0.2, -0.15) is 0 Å². The second kappa shape index (κ2) is 19.9. The minimum Gasteiger partial charge on any atom is -0.483 e. The van der Waals surface area contributed by atoms with E-state index in [1.165, 1.54) is 64.2 Å². The van der Waals surface area contributed by atoms with Crippen LogP contribution in [0, 0.1) is 0 Å². The zero-order valence-corrected chi connectivity index (χ0v) is 10.8. The van der Waals surface area contributed by atoms with E-state index in [2.05, 4.69) is 6.92 Å². The van der Waals surface area contributed by atoms with Crippen LogP contribution < -0.4 is 5.73 Å². The largest absolute Gasteiger partial charge is 0.483 e. The topological polar surface area (TPSA) is 63.3 Å². The summed E-state index contributed by atoms with van der Waals surface area (Å²) in [5.41, 5.74) is 5.42. The molecule has 0 aromatic heterocycles. The predicted molar refractivity (Wildman–Crippen MR) is 69.6 cm³/mol. The number of rotatable bonds is 10. The molecule has 0 saturated carbocycles. The van der Waals surface area contributed by atoms with E-state index in [-0.39, 0.29) is 6.47 Å². The van der Waals surface area contributed by atoms with Crippen LogP contribution in [-0.2, 0) is 4.79 Å². The van der Waals surface area contributed by atoms with Gasteiger partial charge >= 0.3 is 0 Å². The third-order valence-corrected chi connectivity index (χ3v) is 2.56. The number of carboxylic acid groups (broad SMARTS) is 1. The van der Waals surface area contributed by atoms with Crippen molar-refractivity contribution in [1.29, 1.82) is 0 Å². The van der Waals surface area contributed by atoms with Gasteiger partial charge in [0, 0.05) is 0 Å². The highest BCUT2D eigenvalue weighted by atomic mass is 16.3. The third-order valence-electron chi connectivity index (χ3n) is 2.56. The van der Waals surface area contributed by atoms with Crippen molar-refractivity contribution in [2.24, 2.45) is 5.73 Å². The molecule has 0 amide bonds. The van der Waals surface area contributed by atoms with Crippen molar-refractivity contribution in [2.75, 3.05) is 6.54 Å². The average molecular weight is 231 g/mol. The van der Waals surface area contributed by atoms with Crippen LogP contribution in [-0.4, -0.2) is 18.1 Å². The van der Waals surface area contributed by atoms with Gasteiger partial charge in [0.15, 0.2) is 0 Å². The molecule has 0 aliphatic rings. The summed E-state index contributed by atoms with van der Waals surface area (Å²) in [7, 11) is 0. The Morgan fingerprint density at radius 1 is 0.875 bits per heavy atom. The van der Waals surface area contributed by atoms with E-state index >= 15 is 0 Å². The van der Waals surface area contributed by atoms with E-state index < -0.39 is 0 Å². The molecule has 0 aromatic carbocycles. The quantitative estimate of drug-likeness (QED) is 0.446. The van der Waals surface area contributed by atoms with Gasteiger partial charge in [0.25, 0.3) is 6.47 Å². The molecular formula is C13H29NO2. The summed E-state index contributed by atoms with van der Waals surface area (Å²) in [5.74, 6) is 0. The zero-order chi connectivity index (χ0) is 12.5. The van der Waals surface area contributed by atoms with E-state index in [0.29, 0.717) is 0 Å². The smallest absolute Gasteiger partial charge is 0.290 e. The minimum absolute atomic E-state index is 0.250. The molecule has 16 heavy (non-hydrogen) atoms. The molecule has 0 bridgehead atoms. The summed E-state index contributed by atoms with van der Waals surface area (Å²) in [6.07, 6.45) is 13.9. The molecule has 3 nitrogen and oxygen atoms in total. The maximum atomic E-state index is 8.36. The van der Waals surface area contributed by atoms with Crippen LogP contribution in [0.5, 0.6) is 0 Å². The lowest BCUT2D eigenvalue weighted by atomic mass is 10.1. The summed E-state index contributed by atoms with van der Waals surface area (Å²) >= 11 is 0. The fourth-order valence-electron chi connectivity index (χ4n) is 1.63. The Morgan fingerprint density at radius 3 is 1.50 bits per heavy atom. The van der Waals surface area contributed by atoms with Gasteiger partial charge in [-0.25, -0.2) is 0 Å². The molecule has 3 heteroatoms. The number of unbranched alkanes of at least 4 members (excludes halogenated alkanes) is 9. The lowest BCUT2D eigenvalue weighted by Crippen LogP contribution is -1.97. The third kappa shape index (κ3) is 23.3. The average Bonchev–Trinajstić information content (AvgIpc) is 2.28. The number of carbonyl (C=O) groups is 1. The van der Waals surface area contributed by atoms with Crippen molar-refractivity contribution in [1.82, 2.24) is 0 Å². The molecule has 0 heterocycles. The van der Waals surface area contributed by atoms with E-state index in [9.17, 15) is 0 Å². The second-order valence-electron chi connectivity index (χ2n) is 4.08. The Kier molecular flexibility index (Phi) is 22.2. The summed E-state index contributed by atoms with van der Waals surface area (Å²) in [6, 6.07) is 0. The zero-order valence-electron chi connectivity index (χ0n) is 10.8. The lowest BCUT2D eigenvalue weighted by molar-refractivity contribution is -0.122. The van der Waals surface area contributed by atoms with Crippen LogP contribution in [0.25, 0.3) is 0 Å². The first-order chi connectivity index (χ1) is 7.83. The van der Waals surface area contributed by atoms with Crippen LogP contribution >= 0.6 is 0 Å². The highest BCUT2D eigenvalue weighted by Gasteiger charge is 1.91. The standard InChI is InChI=1S/C12H27N.CH2O2/c1-2-3-4-5-6-7-8-9-10-11-12-13;2-1-3/h2-13H2,1H3;1H,(H,2,3). The summed E-state index contributed by atoms with van der Waals surface area (Å²) in [6.45, 7) is 2.89. The van der Waals surface area contributed by atoms with Gasteiger partial charge in [0.05, 0.1) is 0 Å². The van der Waals surface area contributed by atoms with Gasteiger partial charge in [-0.15, -0.1) is 0 Å². The van der Waals surface area contributed by atoms with Crippen LogP contribution in [0.3, 0.4) is 0 Å². The SMILES string of the molecule is CCCCCCCCCCCCN.O=CO. The van der Waals surface area contributed by atoms with Crippen molar-refractivity contribution >= 4 is 6.47 Å². The van der Waals surface area contributed by atoms with Crippen molar-refractivity contribution in [3.8, 4) is 0 Å². The Hall–Kier alpha value is -0.570. The molecule has 0 fully saturated rings. The van der Waals surface area contributed by atoms with Crippen LogP contribution in [0.15, 0.2) is 0 Å². The Morgan fingerprint density at radius 2 is 1.19 bits per heavy atom. The molecule has 98 valence electrons. The Labute approximate surface area is 100 Å². The lowest BCUT2D eigenvalue weighted by Gasteiger charge is -2.00. The fourth-order valence-corrected chi connectivity index (χ4v) is 1.63. The highest BCUT2D eigenvalue weighted by Crippen LogP contribution is 2.09. The van der Waals surface area contributed by atoms with Crippen LogP contribution in [0.2, 0.25) is 0 Å². The number of hydrogen-bond donors (Lipinski definition) is 2. The van der Waals surface area contributed by atoms with E-state index in [1.54, 1.807) is 0 Å². The van der Waals surface area contributed by atoms with Crippen molar-refractivity contribution in [3.05, 3.63) is 0 Å². The molecule has 0 aliphatic carbocycles. The van der Waals surface area contributed by atoms with Crippen molar-refractivity contribution in [3.63, 3.8) is 0 Å². The van der Waals surface area contributed by atoms with Gasteiger partial charge in [-0.05, 0) is 13.0 Å². The maximum absolute atomic E-state index is 8.36. The fraction of sp³-hybridized carbons (Fsp3) is 0.923. The molecular weight excluding hydrogens is 202 g/mol. The molecule has 0 rings (SSSR count). The monoisotopic (exact) mass is 231 g/mol. The van der Waals surface area contributed by atoms with Gasteiger partial charge in [0.2, 0.25) is 0 Å². The second-order valence-corrected chi connectivity index (χ2v) is 4.08. The first-order valence-electron chi connectivity index (χ1n) is 6.61. The first-order valence-corrected chi connectivity index (χ1v) is 6.61. The highest BCUT2D eigenvalue weighted by molar-refractivity contribution is 5.32. The molecule has 0 saturated heterocycles. The number of hydrogen-bond acceptors (Lipinski definition) is 2. The molecule has 0 spiro atoms. The molecule has 0 unspecified atom stereocenters. The van der Waals surface area contributed by atoms with Crippen LogP contribution in [0.1, 0.15) is 71.1 Å². The van der Waals surface area contributed by atoms with Gasteiger partial charge in [-0.1, -0.05) is 64.7 Å². The van der Waals surface area contributed by atoms with Crippen LogP contribution in [0.4, 0.5) is 0 Å². The number of nitrogens with two attached hydrogens (primary N) is 1. The minimum atomic E-state index is -0.250. The molecule has 0 atom stereocenters. The van der Waals surface area contributed by atoms with Gasteiger partial charge in [0.1, 0.15) is 0 Å². The summed E-state index contributed by atoms with van der Waals surface area (Å²) in [4.78, 5) is 8.36. The maximum Gasteiger partial charge on any atom is 0.290 e. The normalized spacial score (nSPS) is 9.38. The van der Waals surface area contributed by atoms with Crippen molar-refractivity contribution < 1.29 is 9.90 Å². The van der Waals surface area contributed by atoms with Gasteiger partial charge in [-0.3, -0.25) is 4.79 Å². The molecule has 0 aromatic rings. The Balaban J connectivity index is 0. The molecule has 3 N–H and O–H groups in total. The van der Waals surface area contributed by atoms with E-state index in [4.69, 9.17) is 15.6 Å². The van der Waals surface area contributed by atoms with E-state index in [1.807, 2.05) is 0 Å². The summed E-state index contributed by atoms with van der Waals surface area (Å²) in [5, 5.41) is 6.89. The summed E-state index contributed by atoms with van der Waals surface area (Å²) < 4.78 is 0. The first kappa shape index (κ1) is 17.8. The molecule has 0 aliphatic heterocycles. The van der Waals surface area contributed by atoms with E-state index in [0.717, 1.165) is 6.54 Å². The predicted octanol–water partition coefficient (Wildman–Crippen LogP) is 3.57. The Bertz CT molecular complexity index is 109. The van der Waals surface area contributed by atoms with Gasteiger partial charge < -0.3 is 10.8 Å². The molecule has 0 radical (unpaired) electrons. The van der Waals surface area contributed by atoms with Crippen molar-refractivity contribution in [2.45, 2.75) is 71.1 Å².